The normalized spacial score (nSPS) is 11.0. The van der Waals surface area contributed by atoms with Crippen LogP contribution in [0.5, 0.6) is 0 Å². The van der Waals surface area contributed by atoms with Gasteiger partial charge in [0.2, 0.25) is 0 Å². The predicted octanol–water partition coefficient (Wildman–Crippen LogP) is 6.42. The van der Waals surface area contributed by atoms with Gasteiger partial charge in [-0.1, -0.05) is 67.6 Å². The van der Waals surface area contributed by atoms with Gasteiger partial charge in [-0.2, -0.15) is 0 Å². The lowest BCUT2D eigenvalue weighted by atomic mass is 9.98. The van der Waals surface area contributed by atoms with Gasteiger partial charge in [0.1, 0.15) is 5.82 Å². The Bertz CT molecular complexity index is 877. The molecule has 0 aliphatic rings. The Morgan fingerprint density at radius 1 is 0.808 bits per heavy atom. The lowest BCUT2D eigenvalue weighted by Crippen LogP contribution is -1.88. The Morgan fingerprint density at radius 2 is 1.42 bits per heavy atom. The molecule has 0 unspecified atom stereocenters. The first-order valence-corrected chi connectivity index (χ1v) is 8.87. The van der Waals surface area contributed by atoms with Gasteiger partial charge in [0.15, 0.2) is 0 Å². The van der Waals surface area contributed by atoms with Crippen molar-refractivity contribution in [2.45, 2.75) is 19.8 Å². The van der Waals surface area contributed by atoms with Gasteiger partial charge in [-0.15, -0.1) is 0 Å². The van der Waals surface area contributed by atoms with Crippen molar-refractivity contribution >= 4 is 0 Å². The van der Waals surface area contributed by atoms with Crippen LogP contribution >= 0.6 is 0 Å². The zero-order chi connectivity index (χ0) is 18.4. The number of hydrogen-bond donors (Lipinski definition) is 0. The van der Waals surface area contributed by atoms with E-state index in [4.69, 9.17) is 4.74 Å². The Morgan fingerprint density at radius 3 is 2.04 bits per heavy atom. The van der Waals surface area contributed by atoms with Crippen molar-refractivity contribution in [3.63, 3.8) is 0 Å². The second kappa shape index (κ2) is 8.48. The van der Waals surface area contributed by atoms with Crippen LogP contribution in [0.1, 0.15) is 18.1 Å². The highest BCUT2D eigenvalue weighted by Crippen LogP contribution is 2.28. The van der Waals surface area contributed by atoms with E-state index >= 15 is 0 Å². The van der Waals surface area contributed by atoms with Crippen LogP contribution in [-0.2, 0) is 17.6 Å². The molecule has 0 aliphatic heterocycles. The third-order valence-corrected chi connectivity index (χ3v) is 4.52. The Balaban J connectivity index is 1.81. The molecule has 0 atom stereocenters. The van der Waals surface area contributed by atoms with Gasteiger partial charge >= 0.3 is 0 Å². The van der Waals surface area contributed by atoms with Crippen molar-refractivity contribution in [1.82, 2.24) is 0 Å². The largest absolute Gasteiger partial charge is 0.505 e. The molecule has 3 aromatic rings. The topological polar surface area (TPSA) is 9.23 Å². The van der Waals surface area contributed by atoms with Crippen molar-refractivity contribution in [2.75, 3.05) is 7.11 Å². The van der Waals surface area contributed by atoms with E-state index in [2.05, 4.69) is 31.2 Å². The number of allylic oxidation sites excluding steroid dienone is 1. The van der Waals surface area contributed by atoms with Gasteiger partial charge in [0, 0.05) is 5.56 Å². The van der Waals surface area contributed by atoms with Gasteiger partial charge in [-0.25, -0.2) is 4.39 Å². The molecule has 0 amide bonds. The molecule has 3 aromatic carbocycles. The van der Waals surface area contributed by atoms with Crippen LogP contribution in [0.15, 0.2) is 79.1 Å². The van der Waals surface area contributed by atoms with E-state index in [1.807, 2.05) is 42.5 Å². The van der Waals surface area contributed by atoms with E-state index < -0.39 is 0 Å². The highest BCUT2D eigenvalue weighted by Gasteiger charge is 2.07. The fourth-order valence-electron chi connectivity index (χ4n) is 2.96. The number of methoxy groups -OCH3 is 1. The van der Waals surface area contributed by atoms with Crippen molar-refractivity contribution in [1.29, 1.82) is 0 Å². The Kier molecular flexibility index (Phi) is 5.85. The van der Waals surface area contributed by atoms with Crippen LogP contribution in [-0.4, -0.2) is 7.11 Å². The maximum Gasteiger partial charge on any atom is 0.131 e. The summed E-state index contributed by atoms with van der Waals surface area (Å²) in [5, 5.41) is 0. The number of hydrogen-bond acceptors (Lipinski definition) is 1. The fraction of sp³-hybridized carbons (Fsp3) is 0.167. The van der Waals surface area contributed by atoms with Gasteiger partial charge in [0.25, 0.3) is 0 Å². The summed E-state index contributed by atoms with van der Waals surface area (Å²) < 4.78 is 19.6. The maximum atomic E-state index is 14.7. The lowest BCUT2D eigenvalue weighted by molar-refractivity contribution is 0.337. The minimum atomic E-state index is -0.200. The summed E-state index contributed by atoms with van der Waals surface area (Å²) >= 11 is 0. The molecule has 0 N–H and O–H groups in total. The molecule has 0 aromatic heterocycles. The molecule has 132 valence electrons. The smallest absolute Gasteiger partial charge is 0.131 e. The molecule has 1 nitrogen and oxygen atoms in total. The molecule has 0 saturated heterocycles. The zero-order valence-corrected chi connectivity index (χ0v) is 15.2. The summed E-state index contributed by atoms with van der Waals surface area (Å²) in [5.74, 6) is -0.200. The van der Waals surface area contributed by atoms with E-state index in [0.29, 0.717) is 5.56 Å². The van der Waals surface area contributed by atoms with Crippen LogP contribution in [0.2, 0.25) is 0 Å². The summed E-state index contributed by atoms with van der Waals surface area (Å²) in [6.07, 6.45) is 5.42. The number of ether oxygens (including phenoxy) is 1. The number of rotatable bonds is 6. The molecule has 26 heavy (non-hydrogen) atoms. The van der Waals surface area contributed by atoms with Crippen LogP contribution in [0, 0.1) is 5.82 Å². The molecule has 2 heteroatoms. The summed E-state index contributed by atoms with van der Waals surface area (Å²) in [4.78, 5) is 0. The van der Waals surface area contributed by atoms with E-state index in [9.17, 15) is 4.39 Å². The molecule has 0 aliphatic carbocycles. The second-order valence-corrected chi connectivity index (χ2v) is 6.25. The summed E-state index contributed by atoms with van der Waals surface area (Å²) in [6.45, 7) is 2.13. The van der Waals surface area contributed by atoms with Crippen molar-refractivity contribution in [3.8, 4) is 22.3 Å². The molecule has 0 spiro atoms. The van der Waals surface area contributed by atoms with Crippen molar-refractivity contribution in [2.24, 2.45) is 0 Å². The summed E-state index contributed by atoms with van der Waals surface area (Å²) in [5.41, 5.74) is 5.89. The monoisotopic (exact) mass is 346 g/mol. The van der Waals surface area contributed by atoms with Crippen LogP contribution < -0.4 is 0 Å². The predicted molar refractivity (Wildman–Crippen MR) is 107 cm³/mol. The van der Waals surface area contributed by atoms with Gasteiger partial charge in [-0.3, -0.25) is 0 Å². The van der Waals surface area contributed by atoms with Gasteiger partial charge in [0.05, 0.1) is 13.4 Å². The highest BCUT2D eigenvalue weighted by molar-refractivity contribution is 5.71. The number of aryl methyl sites for hydroxylation is 1. The SMILES string of the molecule is CCc1ccc(-c2ccc(-c3ccc(C/C=C/OC)cc3)c(F)c2)cc1. The average molecular weight is 346 g/mol. The minimum Gasteiger partial charge on any atom is -0.505 e. The first-order valence-electron chi connectivity index (χ1n) is 8.87. The maximum absolute atomic E-state index is 14.7. The van der Waals surface area contributed by atoms with E-state index in [1.165, 1.54) is 5.56 Å². The van der Waals surface area contributed by atoms with Crippen molar-refractivity contribution in [3.05, 3.63) is 96.0 Å². The molecule has 0 heterocycles. The number of benzene rings is 3. The van der Waals surface area contributed by atoms with Crippen LogP contribution in [0.25, 0.3) is 22.3 Å². The van der Waals surface area contributed by atoms with Crippen molar-refractivity contribution < 1.29 is 9.13 Å². The third kappa shape index (κ3) is 4.20. The fourth-order valence-corrected chi connectivity index (χ4v) is 2.96. The Labute approximate surface area is 154 Å². The molecule has 3 rings (SSSR count). The average Bonchev–Trinajstić information content (AvgIpc) is 2.69. The molecule has 0 saturated carbocycles. The van der Waals surface area contributed by atoms with Gasteiger partial charge < -0.3 is 4.74 Å². The molecular weight excluding hydrogens is 323 g/mol. The van der Waals surface area contributed by atoms with E-state index in [1.54, 1.807) is 19.4 Å². The van der Waals surface area contributed by atoms with E-state index in [-0.39, 0.29) is 5.82 Å². The van der Waals surface area contributed by atoms with Gasteiger partial charge in [-0.05, 0) is 52.8 Å². The third-order valence-electron chi connectivity index (χ3n) is 4.52. The van der Waals surface area contributed by atoms with E-state index in [0.717, 1.165) is 35.1 Å². The Hall–Kier alpha value is -2.87. The minimum absolute atomic E-state index is 0.200. The van der Waals surface area contributed by atoms with Crippen LogP contribution in [0.3, 0.4) is 0 Å². The summed E-state index contributed by atoms with van der Waals surface area (Å²) in [6, 6.07) is 21.7. The first kappa shape index (κ1) is 17.9. The van der Waals surface area contributed by atoms with Crippen LogP contribution in [0.4, 0.5) is 4.39 Å². The quantitative estimate of drug-likeness (QED) is 0.468. The number of halogens is 1. The zero-order valence-electron chi connectivity index (χ0n) is 15.2. The molecule has 0 fully saturated rings. The molecule has 0 radical (unpaired) electrons. The first-order chi connectivity index (χ1) is 12.7. The standard InChI is InChI=1S/C24H23FO/c1-3-18-6-10-20(11-7-18)22-14-15-23(24(25)17-22)21-12-8-19(9-13-21)5-4-16-26-2/h4,6-17H,3,5H2,1-2H3/b16-4+. The highest BCUT2D eigenvalue weighted by atomic mass is 19.1. The molecular formula is C24H23FO. The molecule has 0 bridgehead atoms. The lowest BCUT2D eigenvalue weighted by Gasteiger charge is -2.08. The second-order valence-electron chi connectivity index (χ2n) is 6.25. The summed E-state index contributed by atoms with van der Waals surface area (Å²) in [7, 11) is 1.63.